The van der Waals surface area contributed by atoms with Gasteiger partial charge in [0.1, 0.15) is 5.82 Å². The lowest BCUT2D eigenvalue weighted by molar-refractivity contribution is 0.661. The Morgan fingerprint density at radius 2 is 2.07 bits per heavy atom. The summed E-state index contributed by atoms with van der Waals surface area (Å²) in [6, 6.07) is 0. The van der Waals surface area contributed by atoms with Crippen LogP contribution in [-0.2, 0) is 6.42 Å². The van der Waals surface area contributed by atoms with Crippen LogP contribution in [0.5, 0.6) is 0 Å². The molecule has 4 nitrogen and oxygen atoms in total. The van der Waals surface area contributed by atoms with Gasteiger partial charge in [0.2, 0.25) is 5.13 Å². The number of rotatable bonds is 8. The van der Waals surface area contributed by atoms with Crippen LogP contribution in [0.1, 0.15) is 38.4 Å². The maximum atomic E-state index is 5.42. The molecule has 1 aromatic heterocycles. The Morgan fingerprint density at radius 1 is 1.27 bits per heavy atom. The minimum Gasteiger partial charge on any atom is -0.360 e. The van der Waals surface area contributed by atoms with Gasteiger partial charge in [-0.25, -0.2) is 4.98 Å². The van der Waals surface area contributed by atoms with Gasteiger partial charge in [0.15, 0.2) is 0 Å². The van der Waals surface area contributed by atoms with Gasteiger partial charge in [-0.1, -0.05) is 19.8 Å². The first-order valence-electron chi connectivity index (χ1n) is 5.63. The normalized spacial score (nSPS) is 10.5. The van der Waals surface area contributed by atoms with Gasteiger partial charge >= 0.3 is 0 Å². The lowest BCUT2D eigenvalue weighted by Crippen LogP contribution is -2.02. The van der Waals surface area contributed by atoms with Crippen molar-refractivity contribution in [1.82, 2.24) is 9.36 Å². The molecule has 86 valence electrons. The van der Waals surface area contributed by atoms with E-state index in [4.69, 9.17) is 5.73 Å². The maximum Gasteiger partial charge on any atom is 0.202 e. The molecule has 0 aliphatic heterocycles. The molecule has 0 saturated heterocycles. The number of nitrogens with zero attached hydrogens (tertiary/aromatic N) is 2. The number of nitrogens with two attached hydrogens (primary N) is 1. The van der Waals surface area contributed by atoms with E-state index in [9.17, 15) is 0 Å². The average Bonchev–Trinajstić information content (AvgIpc) is 2.71. The second-order valence-electron chi connectivity index (χ2n) is 3.50. The number of aromatic nitrogens is 2. The van der Waals surface area contributed by atoms with E-state index in [-0.39, 0.29) is 0 Å². The molecule has 0 atom stereocenters. The Labute approximate surface area is 95.5 Å². The molecular weight excluding hydrogens is 208 g/mol. The lowest BCUT2D eigenvalue weighted by Gasteiger charge is -2.01. The van der Waals surface area contributed by atoms with E-state index in [1.165, 1.54) is 30.8 Å². The van der Waals surface area contributed by atoms with Crippen LogP contribution in [0.15, 0.2) is 0 Å². The molecule has 15 heavy (non-hydrogen) atoms. The van der Waals surface area contributed by atoms with Crippen LogP contribution >= 0.6 is 11.5 Å². The monoisotopic (exact) mass is 228 g/mol. The number of anilines is 1. The van der Waals surface area contributed by atoms with Gasteiger partial charge in [0.25, 0.3) is 0 Å². The zero-order valence-electron chi connectivity index (χ0n) is 9.33. The molecule has 0 unspecified atom stereocenters. The molecule has 0 bridgehead atoms. The molecule has 0 saturated carbocycles. The predicted molar refractivity (Wildman–Crippen MR) is 65.3 cm³/mol. The molecule has 0 fully saturated rings. The quantitative estimate of drug-likeness (QED) is 0.668. The largest absolute Gasteiger partial charge is 0.360 e. The molecule has 0 aliphatic rings. The summed E-state index contributed by atoms with van der Waals surface area (Å²) in [5.41, 5.74) is 5.42. The Bertz CT molecular complexity index is 262. The standard InChI is InChI=1S/C10H20N4S/c1-2-9-13-10(15-14-9)12-8-6-4-3-5-7-11/h2-8,11H2,1H3,(H,12,13,14). The zero-order chi connectivity index (χ0) is 10.9. The van der Waals surface area contributed by atoms with E-state index in [1.807, 2.05) is 0 Å². The molecule has 5 heteroatoms. The van der Waals surface area contributed by atoms with E-state index >= 15 is 0 Å². The third kappa shape index (κ3) is 5.09. The van der Waals surface area contributed by atoms with Crippen molar-refractivity contribution in [2.24, 2.45) is 5.73 Å². The minimum atomic E-state index is 0.809. The number of nitrogens with one attached hydrogen (secondary N) is 1. The summed E-state index contributed by atoms with van der Waals surface area (Å²) in [6.45, 7) is 3.87. The van der Waals surface area contributed by atoms with E-state index in [0.717, 1.165) is 36.9 Å². The molecule has 1 rings (SSSR count). The summed E-state index contributed by atoms with van der Waals surface area (Å²) in [4.78, 5) is 4.34. The summed E-state index contributed by atoms with van der Waals surface area (Å²) in [6.07, 6.45) is 5.70. The van der Waals surface area contributed by atoms with Crippen molar-refractivity contribution in [3.05, 3.63) is 5.82 Å². The van der Waals surface area contributed by atoms with Crippen molar-refractivity contribution in [3.8, 4) is 0 Å². The van der Waals surface area contributed by atoms with E-state index in [1.54, 1.807) is 0 Å². The Balaban J connectivity index is 2.04. The average molecular weight is 228 g/mol. The van der Waals surface area contributed by atoms with Crippen LogP contribution in [0.25, 0.3) is 0 Å². The van der Waals surface area contributed by atoms with Gasteiger partial charge in [-0.3, -0.25) is 0 Å². The highest BCUT2D eigenvalue weighted by Crippen LogP contribution is 2.11. The first-order valence-corrected chi connectivity index (χ1v) is 6.40. The van der Waals surface area contributed by atoms with Crippen LogP contribution in [0.4, 0.5) is 5.13 Å². The first kappa shape index (κ1) is 12.4. The Morgan fingerprint density at radius 3 is 2.73 bits per heavy atom. The third-order valence-electron chi connectivity index (χ3n) is 2.19. The van der Waals surface area contributed by atoms with Gasteiger partial charge in [-0.15, -0.1) is 0 Å². The smallest absolute Gasteiger partial charge is 0.202 e. The van der Waals surface area contributed by atoms with E-state index in [0.29, 0.717) is 0 Å². The molecule has 1 heterocycles. The SMILES string of the molecule is CCc1nsc(NCCCCCCN)n1. The van der Waals surface area contributed by atoms with Crippen LogP contribution in [0.3, 0.4) is 0 Å². The van der Waals surface area contributed by atoms with Crippen molar-refractivity contribution >= 4 is 16.7 Å². The summed E-state index contributed by atoms with van der Waals surface area (Å²) in [5, 5.41) is 4.24. The molecular formula is C10H20N4S. The maximum absolute atomic E-state index is 5.42. The topological polar surface area (TPSA) is 63.8 Å². The van der Waals surface area contributed by atoms with Crippen molar-refractivity contribution in [1.29, 1.82) is 0 Å². The number of unbranched alkanes of at least 4 members (excludes halogenated alkanes) is 3. The highest BCUT2D eigenvalue weighted by atomic mass is 32.1. The summed E-state index contributed by atoms with van der Waals surface area (Å²) >= 11 is 1.45. The fourth-order valence-electron chi connectivity index (χ4n) is 1.29. The highest BCUT2D eigenvalue weighted by Gasteiger charge is 2.00. The van der Waals surface area contributed by atoms with Crippen molar-refractivity contribution < 1.29 is 0 Å². The molecule has 3 N–H and O–H groups in total. The fourth-order valence-corrected chi connectivity index (χ4v) is 1.96. The number of hydrogen-bond acceptors (Lipinski definition) is 5. The summed E-state index contributed by atoms with van der Waals surface area (Å²) in [7, 11) is 0. The van der Waals surface area contributed by atoms with Crippen molar-refractivity contribution in [2.45, 2.75) is 39.0 Å². The molecule has 0 spiro atoms. The summed E-state index contributed by atoms with van der Waals surface area (Å²) in [5.74, 6) is 0.936. The Kier molecular flexibility index (Phi) is 6.27. The Hall–Kier alpha value is -0.680. The molecule has 0 radical (unpaired) electrons. The molecule has 1 aromatic rings. The molecule has 0 amide bonds. The second-order valence-corrected chi connectivity index (χ2v) is 4.25. The van der Waals surface area contributed by atoms with Gasteiger partial charge < -0.3 is 11.1 Å². The van der Waals surface area contributed by atoms with Gasteiger partial charge in [0.05, 0.1) is 0 Å². The van der Waals surface area contributed by atoms with Crippen LogP contribution in [0, 0.1) is 0 Å². The minimum absolute atomic E-state index is 0.809. The van der Waals surface area contributed by atoms with Crippen LogP contribution in [0.2, 0.25) is 0 Å². The van der Waals surface area contributed by atoms with Gasteiger partial charge in [-0.2, -0.15) is 4.37 Å². The lowest BCUT2D eigenvalue weighted by atomic mass is 10.2. The molecule has 0 aliphatic carbocycles. The van der Waals surface area contributed by atoms with Crippen molar-refractivity contribution in [3.63, 3.8) is 0 Å². The third-order valence-corrected chi connectivity index (χ3v) is 2.90. The predicted octanol–water partition coefficient (Wildman–Crippen LogP) is 2.03. The zero-order valence-corrected chi connectivity index (χ0v) is 10.1. The van der Waals surface area contributed by atoms with Gasteiger partial charge in [-0.05, 0) is 19.4 Å². The van der Waals surface area contributed by atoms with E-state index < -0.39 is 0 Å². The summed E-state index contributed by atoms with van der Waals surface area (Å²) < 4.78 is 4.21. The fraction of sp³-hybridized carbons (Fsp3) is 0.800. The number of hydrogen-bond donors (Lipinski definition) is 2. The number of aryl methyl sites for hydroxylation is 1. The first-order chi connectivity index (χ1) is 7.36. The van der Waals surface area contributed by atoms with Crippen molar-refractivity contribution in [2.75, 3.05) is 18.4 Å². The second kappa shape index (κ2) is 7.59. The molecule has 0 aromatic carbocycles. The van der Waals surface area contributed by atoms with Gasteiger partial charge in [0, 0.05) is 24.5 Å². The van der Waals surface area contributed by atoms with Crippen LogP contribution in [-0.4, -0.2) is 22.4 Å². The highest BCUT2D eigenvalue weighted by molar-refractivity contribution is 7.09. The van der Waals surface area contributed by atoms with Crippen LogP contribution < -0.4 is 11.1 Å². The van der Waals surface area contributed by atoms with E-state index in [2.05, 4.69) is 21.6 Å².